The van der Waals surface area contributed by atoms with Gasteiger partial charge in [-0.2, -0.15) is 4.98 Å². The van der Waals surface area contributed by atoms with Crippen molar-refractivity contribution < 1.29 is 12.8 Å². The average Bonchev–Trinajstić information content (AvgIpc) is 2.89. The van der Waals surface area contributed by atoms with E-state index in [1.165, 1.54) is 12.1 Å². The molecule has 0 bridgehead atoms. The molecule has 1 aromatic carbocycles. The van der Waals surface area contributed by atoms with E-state index in [0.29, 0.717) is 22.5 Å². The molecule has 2 heterocycles. The molecule has 0 fully saturated rings. The lowest BCUT2D eigenvalue weighted by Crippen LogP contribution is -2.22. The van der Waals surface area contributed by atoms with Crippen LogP contribution in [0.15, 0.2) is 45.8 Å². The SMILES string of the molecule is CN(C)CS(=O)(=O)c1cc(N)cc(-c2nc3ncccc3o2)c1. The number of oxazole rings is 1. The lowest BCUT2D eigenvalue weighted by molar-refractivity contribution is 0.462. The lowest BCUT2D eigenvalue weighted by atomic mass is 10.2. The predicted molar refractivity (Wildman–Crippen MR) is 87.4 cm³/mol. The van der Waals surface area contributed by atoms with Gasteiger partial charge in [0, 0.05) is 17.4 Å². The van der Waals surface area contributed by atoms with Crippen LogP contribution in [-0.4, -0.2) is 43.3 Å². The third kappa shape index (κ3) is 3.17. The Morgan fingerprint density at radius 2 is 2.04 bits per heavy atom. The van der Waals surface area contributed by atoms with Crippen LogP contribution in [0.4, 0.5) is 5.69 Å². The summed E-state index contributed by atoms with van der Waals surface area (Å²) < 4.78 is 30.4. The van der Waals surface area contributed by atoms with Crippen LogP contribution in [0.5, 0.6) is 0 Å². The number of pyridine rings is 1. The summed E-state index contributed by atoms with van der Waals surface area (Å²) >= 11 is 0. The third-order valence-electron chi connectivity index (χ3n) is 3.13. The van der Waals surface area contributed by atoms with Gasteiger partial charge in [-0.25, -0.2) is 13.4 Å². The Bertz CT molecular complexity index is 931. The number of hydrogen-bond donors (Lipinski definition) is 1. The van der Waals surface area contributed by atoms with Gasteiger partial charge in [-0.05, 0) is 44.4 Å². The van der Waals surface area contributed by atoms with Gasteiger partial charge in [-0.1, -0.05) is 0 Å². The minimum Gasteiger partial charge on any atom is -0.434 e. The molecular formula is C15H16N4O3S. The van der Waals surface area contributed by atoms with Crippen molar-refractivity contribution in [3.8, 4) is 11.5 Å². The van der Waals surface area contributed by atoms with Crippen molar-refractivity contribution >= 4 is 26.8 Å². The zero-order valence-electron chi connectivity index (χ0n) is 12.7. The number of aromatic nitrogens is 2. The van der Waals surface area contributed by atoms with Gasteiger partial charge in [0.2, 0.25) is 5.89 Å². The lowest BCUT2D eigenvalue weighted by Gasteiger charge is -2.11. The number of fused-ring (bicyclic) bond motifs is 1. The summed E-state index contributed by atoms with van der Waals surface area (Å²) in [5.41, 5.74) is 7.68. The Morgan fingerprint density at radius 1 is 1.26 bits per heavy atom. The van der Waals surface area contributed by atoms with Crippen LogP contribution in [-0.2, 0) is 9.84 Å². The first-order chi connectivity index (χ1) is 10.8. The van der Waals surface area contributed by atoms with Crippen LogP contribution in [0, 0.1) is 0 Å². The fourth-order valence-electron chi connectivity index (χ4n) is 2.23. The van der Waals surface area contributed by atoms with Crippen molar-refractivity contribution in [1.29, 1.82) is 0 Å². The predicted octanol–water partition coefficient (Wildman–Crippen LogP) is 1.76. The summed E-state index contributed by atoms with van der Waals surface area (Å²) in [4.78, 5) is 10.1. The molecule has 2 N–H and O–H groups in total. The molecule has 8 heteroatoms. The van der Waals surface area contributed by atoms with Gasteiger partial charge in [-0.3, -0.25) is 4.90 Å². The smallest absolute Gasteiger partial charge is 0.228 e. The normalized spacial score (nSPS) is 12.1. The van der Waals surface area contributed by atoms with Crippen LogP contribution in [0.3, 0.4) is 0 Å². The molecule has 3 rings (SSSR count). The molecular weight excluding hydrogens is 316 g/mol. The second kappa shape index (κ2) is 5.64. The highest BCUT2D eigenvalue weighted by atomic mass is 32.2. The monoisotopic (exact) mass is 332 g/mol. The Balaban J connectivity index is 2.10. The van der Waals surface area contributed by atoms with Gasteiger partial charge in [-0.15, -0.1) is 0 Å². The summed E-state index contributed by atoms with van der Waals surface area (Å²) in [7, 11) is -0.0983. The fourth-order valence-corrected chi connectivity index (χ4v) is 3.68. The van der Waals surface area contributed by atoms with Crippen LogP contribution >= 0.6 is 0 Å². The number of benzene rings is 1. The molecule has 0 radical (unpaired) electrons. The van der Waals surface area contributed by atoms with E-state index in [4.69, 9.17) is 10.2 Å². The van der Waals surface area contributed by atoms with Crippen molar-refractivity contribution in [2.24, 2.45) is 0 Å². The van der Waals surface area contributed by atoms with E-state index in [1.807, 2.05) is 0 Å². The molecule has 0 aliphatic carbocycles. The van der Waals surface area contributed by atoms with Crippen LogP contribution < -0.4 is 5.73 Å². The largest absolute Gasteiger partial charge is 0.434 e. The number of anilines is 1. The molecule has 0 saturated carbocycles. The minimum absolute atomic E-state index is 0.106. The van der Waals surface area contributed by atoms with Gasteiger partial charge in [0.1, 0.15) is 5.88 Å². The van der Waals surface area contributed by atoms with Crippen molar-refractivity contribution in [3.05, 3.63) is 36.5 Å². The Morgan fingerprint density at radius 3 is 2.74 bits per heavy atom. The Labute approximate surface area is 133 Å². The molecule has 2 aromatic heterocycles. The quantitative estimate of drug-likeness (QED) is 0.726. The van der Waals surface area contributed by atoms with E-state index in [-0.39, 0.29) is 16.7 Å². The number of rotatable bonds is 4. The summed E-state index contributed by atoms with van der Waals surface area (Å²) in [6, 6.07) is 8.06. The topological polar surface area (TPSA) is 102 Å². The zero-order valence-corrected chi connectivity index (χ0v) is 13.5. The third-order valence-corrected chi connectivity index (χ3v) is 4.94. The molecule has 0 saturated heterocycles. The minimum atomic E-state index is -3.48. The molecule has 0 amide bonds. The van der Waals surface area contributed by atoms with Crippen molar-refractivity contribution in [2.45, 2.75) is 4.90 Å². The van der Waals surface area contributed by atoms with Gasteiger partial charge in [0.05, 0.1) is 4.90 Å². The summed E-state index contributed by atoms with van der Waals surface area (Å²) in [6.45, 7) is 0. The molecule has 7 nitrogen and oxygen atoms in total. The highest BCUT2D eigenvalue weighted by molar-refractivity contribution is 7.91. The summed E-state index contributed by atoms with van der Waals surface area (Å²) in [5, 5.41) is 0. The molecule has 23 heavy (non-hydrogen) atoms. The Kier molecular flexibility index (Phi) is 3.78. The first kappa shape index (κ1) is 15.4. The molecule has 0 spiro atoms. The summed E-state index contributed by atoms with van der Waals surface area (Å²) in [5.74, 6) is 0.178. The molecule has 0 atom stereocenters. The highest BCUT2D eigenvalue weighted by Gasteiger charge is 2.19. The van der Waals surface area contributed by atoms with Crippen molar-refractivity contribution in [2.75, 3.05) is 25.7 Å². The molecule has 0 aliphatic heterocycles. The maximum Gasteiger partial charge on any atom is 0.228 e. The van der Waals surface area contributed by atoms with Crippen LogP contribution in [0.25, 0.3) is 22.7 Å². The maximum atomic E-state index is 12.4. The van der Waals surface area contributed by atoms with E-state index >= 15 is 0 Å². The highest BCUT2D eigenvalue weighted by Crippen LogP contribution is 2.28. The fraction of sp³-hybridized carbons (Fsp3) is 0.200. The molecule has 0 aliphatic rings. The average molecular weight is 332 g/mol. The number of nitrogens with two attached hydrogens (primary N) is 1. The van der Waals surface area contributed by atoms with E-state index < -0.39 is 9.84 Å². The van der Waals surface area contributed by atoms with Crippen molar-refractivity contribution in [3.63, 3.8) is 0 Å². The maximum absolute atomic E-state index is 12.4. The number of sulfone groups is 1. The first-order valence-electron chi connectivity index (χ1n) is 6.85. The van der Waals surface area contributed by atoms with Gasteiger partial charge < -0.3 is 10.2 Å². The Hall–Kier alpha value is -2.45. The van der Waals surface area contributed by atoms with Crippen LogP contribution in [0.1, 0.15) is 0 Å². The molecule has 120 valence electrons. The van der Waals surface area contributed by atoms with Crippen molar-refractivity contribution in [1.82, 2.24) is 14.9 Å². The van der Waals surface area contributed by atoms with Gasteiger partial charge in [0.15, 0.2) is 21.1 Å². The number of nitrogen functional groups attached to an aromatic ring is 1. The number of hydrogen-bond acceptors (Lipinski definition) is 7. The van der Waals surface area contributed by atoms with E-state index in [0.717, 1.165) is 0 Å². The second-order valence-electron chi connectivity index (χ2n) is 5.46. The van der Waals surface area contributed by atoms with Crippen LogP contribution in [0.2, 0.25) is 0 Å². The van der Waals surface area contributed by atoms with E-state index in [2.05, 4.69) is 9.97 Å². The van der Waals surface area contributed by atoms with Gasteiger partial charge >= 0.3 is 0 Å². The molecule has 3 aromatic rings. The standard InChI is InChI=1S/C15H16N4O3S/c1-19(2)9-23(20,21)12-7-10(6-11(16)8-12)15-18-14-13(22-15)4-3-5-17-14/h3-8H,9,16H2,1-2H3. The van der Waals surface area contributed by atoms with E-state index in [1.54, 1.807) is 43.4 Å². The molecule has 0 unspecified atom stereocenters. The summed E-state index contributed by atoms with van der Waals surface area (Å²) in [6.07, 6.45) is 1.61. The van der Waals surface area contributed by atoms with Gasteiger partial charge in [0.25, 0.3) is 0 Å². The number of nitrogens with zero attached hydrogens (tertiary/aromatic N) is 3. The zero-order chi connectivity index (χ0) is 16.6. The second-order valence-corrected chi connectivity index (χ2v) is 7.42. The first-order valence-corrected chi connectivity index (χ1v) is 8.50. The van der Waals surface area contributed by atoms with E-state index in [9.17, 15) is 8.42 Å².